The third-order valence-corrected chi connectivity index (χ3v) is 5.89. The van der Waals surface area contributed by atoms with Crippen molar-refractivity contribution in [1.29, 1.82) is 0 Å². The van der Waals surface area contributed by atoms with E-state index in [-0.39, 0.29) is 0 Å². The Morgan fingerprint density at radius 3 is 2.54 bits per heavy atom. The Hall–Kier alpha value is -2.79. The van der Waals surface area contributed by atoms with E-state index in [1.165, 1.54) is 17.5 Å². The van der Waals surface area contributed by atoms with Gasteiger partial charge in [-0.15, -0.1) is 11.3 Å². The summed E-state index contributed by atoms with van der Waals surface area (Å²) in [6.07, 6.45) is 8.16. The summed E-state index contributed by atoms with van der Waals surface area (Å²) in [4.78, 5) is 16.1. The molecule has 1 saturated heterocycles. The number of hydrogen-bond acceptors (Lipinski definition) is 5. The van der Waals surface area contributed by atoms with Crippen LogP contribution in [0.1, 0.15) is 12.8 Å². The first-order valence-electron chi connectivity index (χ1n) is 8.89. The molecule has 0 amide bonds. The van der Waals surface area contributed by atoms with E-state index in [4.69, 9.17) is 4.98 Å². The first kappa shape index (κ1) is 15.5. The standard InChI is InChI=1S/C21H18N4S/c1-2-11-25(10-1)20-8-6-17(14-23-20)21-24-18-12-15(5-7-19(18)26-21)16-4-3-9-22-13-16/h3-9,12-14H,1-2,10-11H2. The molecule has 0 unspecified atom stereocenters. The maximum atomic E-state index is 4.84. The fourth-order valence-corrected chi connectivity index (χ4v) is 4.35. The smallest absolute Gasteiger partial charge is 0.128 e. The van der Waals surface area contributed by atoms with Gasteiger partial charge in [0.2, 0.25) is 0 Å². The van der Waals surface area contributed by atoms with Crippen LogP contribution in [0.2, 0.25) is 0 Å². The highest BCUT2D eigenvalue weighted by Gasteiger charge is 2.14. The monoisotopic (exact) mass is 358 g/mol. The highest BCUT2D eigenvalue weighted by Crippen LogP contribution is 2.33. The van der Waals surface area contributed by atoms with Gasteiger partial charge < -0.3 is 4.90 Å². The average molecular weight is 358 g/mol. The second-order valence-electron chi connectivity index (χ2n) is 6.54. The second-order valence-corrected chi connectivity index (χ2v) is 7.57. The minimum absolute atomic E-state index is 1.02. The molecule has 4 aromatic rings. The van der Waals surface area contributed by atoms with Crippen LogP contribution in [0.25, 0.3) is 31.9 Å². The van der Waals surface area contributed by atoms with Gasteiger partial charge in [0.15, 0.2) is 0 Å². The van der Waals surface area contributed by atoms with Crippen LogP contribution < -0.4 is 4.90 Å². The molecule has 4 nitrogen and oxygen atoms in total. The Morgan fingerprint density at radius 2 is 1.77 bits per heavy atom. The van der Waals surface area contributed by atoms with Crippen molar-refractivity contribution in [2.45, 2.75) is 12.8 Å². The molecule has 0 N–H and O–H groups in total. The second kappa shape index (κ2) is 6.50. The van der Waals surface area contributed by atoms with Gasteiger partial charge in [0.05, 0.1) is 10.2 Å². The Balaban J connectivity index is 1.47. The predicted octanol–water partition coefficient (Wildman–Crippen LogP) is 5.02. The molecule has 4 heterocycles. The number of fused-ring (bicyclic) bond motifs is 1. The molecule has 5 heteroatoms. The third kappa shape index (κ3) is 2.84. The van der Waals surface area contributed by atoms with E-state index < -0.39 is 0 Å². The Labute approximate surface area is 156 Å². The number of hydrogen-bond donors (Lipinski definition) is 0. The van der Waals surface area contributed by atoms with Crippen LogP contribution in [-0.2, 0) is 0 Å². The molecule has 1 aromatic carbocycles. The van der Waals surface area contributed by atoms with Crippen LogP contribution in [-0.4, -0.2) is 28.0 Å². The van der Waals surface area contributed by atoms with Gasteiger partial charge in [-0.2, -0.15) is 0 Å². The van der Waals surface area contributed by atoms with E-state index in [1.54, 1.807) is 17.5 Å². The summed E-state index contributed by atoms with van der Waals surface area (Å²) in [6, 6.07) is 14.7. The Morgan fingerprint density at radius 1 is 0.885 bits per heavy atom. The van der Waals surface area contributed by atoms with E-state index in [9.17, 15) is 0 Å². The average Bonchev–Trinajstić information content (AvgIpc) is 3.38. The van der Waals surface area contributed by atoms with E-state index in [2.05, 4.69) is 51.3 Å². The van der Waals surface area contributed by atoms with Crippen LogP contribution >= 0.6 is 11.3 Å². The zero-order valence-electron chi connectivity index (χ0n) is 14.3. The first-order chi connectivity index (χ1) is 12.9. The van der Waals surface area contributed by atoms with E-state index in [0.29, 0.717) is 0 Å². The minimum atomic E-state index is 1.02. The summed E-state index contributed by atoms with van der Waals surface area (Å²) in [5.41, 5.74) is 4.36. The molecule has 0 aliphatic carbocycles. The quantitative estimate of drug-likeness (QED) is 0.516. The van der Waals surface area contributed by atoms with Gasteiger partial charge in [-0.05, 0) is 48.7 Å². The van der Waals surface area contributed by atoms with E-state index in [1.807, 2.05) is 18.5 Å². The van der Waals surface area contributed by atoms with Crippen molar-refractivity contribution in [2.24, 2.45) is 0 Å². The lowest BCUT2D eigenvalue weighted by Gasteiger charge is -2.15. The van der Waals surface area contributed by atoms with E-state index in [0.717, 1.165) is 46.1 Å². The number of aromatic nitrogens is 3. The third-order valence-electron chi connectivity index (χ3n) is 4.81. The Kier molecular flexibility index (Phi) is 3.87. The van der Waals surface area contributed by atoms with Crippen LogP contribution in [0.3, 0.4) is 0 Å². The van der Waals surface area contributed by atoms with Gasteiger partial charge in [-0.1, -0.05) is 12.1 Å². The van der Waals surface area contributed by atoms with Crippen molar-refractivity contribution in [1.82, 2.24) is 15.0 Å². The largest absolute Gasteiger partial charge is 0.357 e. The topological polar surface area (TPSA) is 41.9 Å². The van der Waals surface area contributed by atoms with Crippen molar-refractivity contribution in [2.75, 3.05) is 18.0 Å². The van der Waals surface area contributed by atoms with Gasteiger partial charge in [0, 0.05) is 42.8 Å². The van der Waals surface area contributed by atoms with Gasteiger partial charge in [0.25, 0.3) is 0 Å². The molecule has 0 saturated carbocycles. The number of pyridine rings is 2. The number of nitrogens with zero attached hydrogens (tertiary/aromatic N) is 4. The fourth-order valence-electron chi connectivity index (χ4n) is 3.41. The maximum Gasteiger partial charge on any atom is 0.128 e. The van der Waals surface area contributed by atoms with Gasteiger partial charge in [0.1, 0.15) is 10.8 Å². The van der Waals surface area contributed by atoms with Crippen LogP contribution in [0.4, 0.5) is 5.82 Å². The summed E-state index contributed by atoms with van der Waals surface area (Å²) in [5.74, 6) is 1.08. The zero-order chi connectivity index (χ0) is 17.3. The molecule has 0 atom stereocenters. The first-order valence-corrected chi connectivity index (χ1v) is 9.71. The van der Waals surface area contributed by atoms with Gasteiger partial charge in [-0.3, -0.25) is 4.98 Å². The molecule has 3 aromatic heterocycles. The van der Waals surface area contributed by atoms with Crippen molar-refractivity contribution in [3.8, 4) is 21.7 Å². The molecule has 26 heavy (non-hydrogen) atoms. The van der Waals surface area contributed by atoms with Gasteiger partial charge in [-0.25, -0.2) is 9.97 Å². The van der Waals surface area contributed by atoms with Crippen molar-refractivity contribution >= 4 is 27.4 Å². The van der Waals surface area contributed by atoms with Crippen molar-refractivity contribution in [3.05, 3.63) is 61.1 Å². The summed E-state index contributed by atoms with van der Waals surface area (Å²) >= 11 is 1.71. The molecule has 0 spiro atoms. The molecule has 1 fully saturated rings. The molecule has 1 aliphatic rings. The molecule has 5 rings (SSSR count). The number of thiazole rings is 1. The van der Waals surface area contributed by atoms with Crippen LogP contribution in [0.5, 0.6) is 0 Å². The van der Waals surface area contributed by atoms with Crippen molar-refractivity contribution in [3.63, 3.8) is 0 Å². The normalized spacial score (nSPS) is 14.2. The summed E-state index contributed by atoms with van der Waals surface area (Å²) in [6.45, 7) is 2.23. The van der Waals surface area contributed by atoms with Gasteiger partial charge >= 0.3 is 0 Å². The molecule has 1 aliphatic heterocycles. The molecular weight excluding hydrogens is 340 g/mol. The van der Waals surface area contributed by atoms with Crippen LogP contribution in [0.15, 0.2) is 61.1 Å². The fraction of sp³-hybridized carbons (Fsp3) is 0.190. The highest BCUT2D eigenvalue weighted by atomic mass is 32.1. The SMILES string of the molecule is c1cncc(-c2ccc3sc(-c4ccc(N5CCCC5)nc4)nc3c2)c1. The maximum absolute atomic E-state index is 4.84. The Bertz CT molecular complexity index is 1030. The molecule has 0 bridgehead atoms. The van der Waals surface area contributed by atoms with Crippen molar-refractivity contribution < 1.29 is 0 Å². The van der Waals surface area contributed by atoms with Crippen LogP contribution in [0, 0.1) is 0 Å². The molecule has 0 radical (unpaired) electrons. The lowest BCUT2D eigenvalue weighted by molar-refractivity contribution is 0.938. The zero-order valence-corrected chi connectivity index (χ0v) is 15.1. The number of anilines is 1. The lowest BCUT2D eigenvalue weighted by atomic mass is 10.1. The minimum Gasteiger partial charge on any atom is -0.357 e. The highest BCUT2D eigenvalue weighted by molar-refractivity contribution is 7.21. The summed E-state index contributed by atoms with van der Waals surface area (Å²) in [5, 5.41) is 1.02. The number of rotatable bonds is 3. The summed E-state index contributed by atoms with van der Waals surface area (Å²) < 4.78 is 1.19. The number of benzene rings is 1. The predicted molar refractivity (Wildman–Crippen MR) is 108 cm³/mol. The summed E-state index contributed by atoms with van der Waals surface area (Å²) in [7, 11) is 0. The van der Waals surface area contributed by atoms with E-state index >= 15 is 0 Å². The lowest BCUT2D eigenvalue weighted by Crippen LogP contribution is -2.18. The molecule has 128 valence electrons. The molecular formula is C21H18N4S.